The number of carbonyl (C=O) groups is 1. The van der Waals surface area contributed by atoms with Crippen LogP contribution in [-0.2, 0) is 37.8 Å². The van der Waals surface area contributed by atoms with Crippen LogP contribution in [0.3, 0.4) is 0 Å². The zero-order valence-corrected chi connectivity index (χ0v) is 21.2. The molecule has 3 aliphatic rings. The summed E-state index contributed by atoms with van der Waals surface area (Å²) in [7, 11) is 5.28. The number of benzene rings is 2. The summed E-state index contributed by atoms with van der Waals surface area (Å²) in [5.41, 5.74) is 4.76. The van der Waals surface area contributed by atoms with Gasteiger partial charge >= 0.3 is 5.97 Å². The molecule has 36 heavy (non-hydrogen) atoms. The molecule has 2 saturated heterocycles. The van der Waals surface area contributed by atoms with Crippen LogP contribution in [0.2, 0.25) is 0 Å². The van der Waals surface area contributed by atoms with Gasteiger partial charge in [-0.2, -0.15) is 0 Å². The molecule has 2 aliphatic heterocycles. The fourth-order valence-corrected chi connectivity index (χ4v) is 6.81. The second-order valence-electron chi connectivity index (χ2n) is 10.4. The molecule has 3 heterocycles. The van der Waals surface area contributed by atoms with Crippen molar-refractivity contribution in [1.82, 2.24) is 9.47 Å². The lowest BCUT2D eigenvalue weighted by molar-refractivity contribution is -0.193. The van der Waals surface area contributed by atoms with E-state index in [4.69, 9.17) is 18.9 Å². The van der Waals surface area contributed by atoms with Crippen molar-refractivity contribution >= 4 is 16.9 Å². The van der Waals surface area contributed by atoms with E-state index in [0.717, 1.165) is 24.4 Å². The number of methoxy groups -OCH3 is 2. The lowest BCUT2D eigenvalue weighted by Gasteiger charge is -2.42. The number of aromatic nitrogens is 1. The number of rotatable bonds is 4. The lowest BCUT2D eigenvalue weighted by Crippen LogP contribution is -2.49. The highest BCUT2D eigenvalue weighted by Crippen LogP contribution is 2.51. The maximum atomic E-state index is 12.9. The highest BCUT2D eigenvalue weighted by atomic mass is 16.7. The van der Waals surface area contributed by atoms with E-state index < -0.39 is 5.79 Å². The van der Waals surface area contributed by atoms with Gasteiger partial charge in [0.05, 0.1) is 39.0 Å². The molecule has 6 rings (SSSR count). The van der Waals surface area contributed by atoms with Gasteiger partial charge in [-0.1, -0.05) is 30.3 Å². The molecular formula is C29H34N2O5. The number of ether oxygens (including phenoxy) is 4. The SMILES string of the molecule is COC(=O)[C@@H]1CN(C)C[C@H]2Cc3c(n(Cc4ccc(OC)cc4)c4ccccc34)C3(C[C@H]21)OCCO3. The van der Waals surface area contributed by atoms with Crippen LogP contribution in [0.4, 0.5) is 0 Å². The molecule has 0 radical (unpaired) electrons. The predicted molar refractivity (Wildman–Crippen MR) is 136 cm³/mol. The number of hydrogen-bond donors (Lipinski definition) is 0. The number of para-hydroxylation sites is 1. The number of likely N-dealkylation sites (tertiary alicyclic amines) is 1. The predicted octanol–water partition coefficient (Wildman–Crippen LogP) is 3.81. The lowest BCUT2D eigenvalue weighted by atomic mass is 9.73. The molecule has 0 amide bonds. The van der Waals surface area contributed by atoms with Gasteiger partial charge in [0.15, 0.2) is 0 Å². The Morgan fingerprint density at radius 3 is 2.53 bits per heavy atom. The first-order valence-electron chi connectivity index (χ1n) is 12.8. The topological polar surface area (TPSA) is 62.2 Å². The van der Waals surface area contributed by atoms with Gasteiger partial charge in [0.1, 0.15) is 5.75 Å². The fraction of sp³-hybridized carbons (Fsp3) is 0.483. The van der Waals surface area contributed by atoms with Crippen LogP contribution in [0.15, 0.2) is 48.5 Å². The van der Waals surface area contributed by atoms with Crippen LogP contribution >= 0.6 is 0 Å². The average Bonchev–Trinajstić information content (AvgIpc) is 3.45. The quantitative estimate of drug-likeness (QED) is 0.519. The van der Waals surface area contributed by atoms with E-state index >= 15 is 0 Å². The molecular weight excluding hydrogens is 456 g/mol. The minimum absolute atomic E-state index is 0.118. The van der Waals surface area contributed by atoms with E-state index in [-0.39, 0.29) is 17.8 Å². The van der Waals surface area contributed by atoms with Crippen molar-refractivity contribution in [2.45, 2.75) is 25.2 Å². The molecule has 3 atom stereocenters. The number of nitrogens with zero attached hydrogens (tertiary/aromatic N) is 2. The van der Waals surface area contributed by atoms with Gasteiger partial charge in [0, 0.05) is 37.0 Å². The molecule has 3 aromatic rings. The van der Waals surface area contributed by atoms with Gasteiger partial charge in [-0.25, -0.2) is 0 Å². The summed E-state index contributed by atoms with van der Waals surface area (Å²) < 4.78 is 26.1. The third kappa shape index (κ3) is 3.81. The molecule has 1 aromatic heterocycles. The molecule has 0 N–H and O–H groups in total. The Morgan fingerprint density at radius 1 is 1.06 bits per heavy atom. The standard InChI is InChI=1S/C29H34N2O5/c1-30-17-20-14-23-22-6-4-5-7-26(22)31(16-19-8-10-21(33-2)11-9-19)27(23)29(35-12-13-36-29)15-24(20)25(18-30)28(32)34-3/h4-11,20,24-25H,12-18H2,1-3H3/t20-,24-,25-/m1/s1. The Kier molecular flexibility index (Phi) is 6.02. The number of esters is 1. The van der Waals surface area contributed by atoms with Gasteiger partial charge in [0.2, 0.25) is 5.79 Å². The zero-order valence-electron chi connectivity index (χ0n) is 21.2. The number of piperidine rings is 1. The highest BCUT2D eigenvalue weighted by molar-refractivity contribution is 5.86. The number of hydrogen-bond acceptors (Lipinski definition) is 6. The summed E-state index contributed by atoms with van der Waals surface area (Å²) >= 11 is 0. The van der Waals surface area contributed by atoms with E-state index in [1.165, 1.54) is 29.1 Å². The Bertz CT molecular complexity index is 1260. The normalized spacial score (nSPS) is 25.4. The number of carbonyl (C=O) groups excluding carboxylic acids is 1. The highest BCUT2D eigenvalue weighted by Gasteiger charge is 2.53. The molecule has 7 nitrogen and oxygen atoms in total. The molecule has 2 aromatic carbocycles. The van der Waals surface area contributed by atoms with Gasteiger partial charge < -0.3 is 28.4 Å². The number of fused-ring (bicyclic) bond motifs is 5. The summed E-state index contributed by atoms with van der Waals surface area (Å²) in [5.74, 6) is 0.0564. The maximum absolute atomic E-state index is 12.9. The fourth-order valence-electron chi connectivity index (χ4n) is 6.81. The summed E-state index contributed by atoms with van der Waals surface area (Å²) in [4.78, 5) is 15.2. The van der Waals surface area contributed by atoms with Crippen LogP contribution in [-0.4, -0.2) is 63.0 Å². The van der Waals surface area contributed by atoms with E-state index in [1.807, 2.05) is 12.1 Å². The second-order valence-corrected chi connectivity index (χ2v) is 10.4. The summed E-state index contributed by atoms with van der Waals surface area (Å²) in [6.45, 7) is 3.42. The van der Waals surface area contributed by atoms with Gasteiger partial charge in [-0.15, -0.1) is 0 Å². The minimum Gasteiger partial charge on any atom is -0.497 e. The molecule has 7 heteroatoms. The Morgan fingerprint density at radius 2 is 1.81 bits per heavy atom. The van der Waals surface area contributed by atoms with E-state index in [0.29, 0.717) is 38.6 Å². The third-order valence-corrected chi connectivity index (χ3v) is 8.34. The Labute approximate surface area is 211 Å². The largest absolute Gasteiger partial charge is 0.497 e. The van der Waals surface area contributed by atoms with Crippen LogP contribution in [0.1, 0.15) is 23.2 Å². The molecule has 1 aliphatic carbocycles. The van der Waals surface area contributed by atoms with Crippen LogP contribution in [0.25, 0.3) is 10.9 Å². The first-order valence-corrected chi connectivity index (χ1v) is 12.8. The van der Waals surface area contributed by atoms with E-state index in [9.17, 15) is 4.79 Å². The summed E-state index contributed by atoms with van der Waals surface area (Å²) in [5, 5.41) is 1.24. The van der Waals surface area contributed by atoms with Crippen LogP contribution < -0.4 is 4.74 Å². The van der Waals surface area contributed by atoms with Crippen molar-refractivity contribution in [3.8, 4) is 5.75 Å². The first kappa shape index (κ1) is 23.5. The molecule has 190 valence electrons. The van der Waals surface area contributed by atoms with Crippen molar-refractivity contribution in [3.05, 3.63) is 65.4 Å². The molecule has 0 unspecified atom stereocenters. The summed E-state index contributed by atoms with van der Waals surface area (Å²) in [6.07, 6.45) is 1.53. The molecule has 1 spiro atoms. The van der Waals surface area contributed by atoms with Gasteiger partial charge in [-0.3, -0.25) is 4.79 Å². The molecule has 0 saturated carbocycles. The van der Waals surface area contributed by atoms with Crippen LogP contribution in [0, 0.1) is 17.8 Å². The van der Waals surface area contributed by atoms with Crippen LogP contribution in [0.5, 0.6) is 5.75 Å². The minimum atomic E-state index is -0.873. The third-order valence-electron chi connectivity index (χ3n) is 8.34. The van der Waals surface area contributed by atoms with Crippen molar-refractivity contribution < 1.29 is 23.7 Å². The monoisotopic (exact) mass is 490 g/mol. The van der Waals surface area contributed by atoms with Crippen molar-refractivity contribution in [1.29, 1.82) is 0 Å². The van der Waals surface area contributed by atoms with E-state index in [2.05, 4.69) is 52.9 Å². The van der Waals surface area contributed by atoms with Crippen molar-refractivity contribution in [2.75, 3.05) is 47.6 Å². The van der Waals surface area contributed by atoms with Crippen molar-refractivity contribution in [2.24, 2.45) is 17.8 Å². The molecule has 0 bridgehead atoms. The maximum Gasteiger partial charge on any atom is 0.310 e. The van der Waals surface area contributed by atoms with E-state index in [1.54, 1.807) is 7.11 Å². The Hall–Kier alpha value is -2.87. The van der Waals surface area contributed by atoms with Gasteiger partial charge in [0.25, 0.3) is 0 Å². The van der Waals surface area contributed by atoms with Crippen molar-refractivity contribution in [3.63, 3.8) is 0 Å². The second kappa shape index (κ2) is 9.21. The zero-order chi connectivity index (χ0) is 24.9. The Balaban J connectivity index is 1.52. The summed E-state index contributed by atoms with van der Waals surface area (Å²) in [6, 6.07) is 16.8. The molecule has 2 fully saturated rings. The average molecular weight is 491 g/mol. The first-order chi connectivity index (χ1) is 17.5. The smallest absolute Gasteiger partial charge is 0.310 e. The van der Waals surface area contributed by atoms with Gasteiger partial charge in [-0.05, 0) is 54.6 Å².